The van der Waals surface area contributed by atoms with E-state index in [4.69, 9.17) is 16.3 Å². The lowest BCUT2D eigenvalue weighted by Gasteiger charge is -2.32. The number of phenols is 1. The van der Waals surface area contributed by atoms with Crippen LogP contribution in [0.5, 0.6) is 5.75 Å². The van der Waals surface area contributed by atoms with Gasteiger partial charge in [-0.05, 0) is 30.3 Å². The molecule has 4 rings (SSSR count). The van der Waals surface area contributed by atoms with Crippen LogP contribution in [0.4, 0.5) is 0 Å². The third-order valence-electron chi connectivity index (χ3n) is 5.48. The molecule has 0 saturated heterocycles. The molecule has 1 aliphatic carbocycles. The van der Waals surface area contributed by atoms with E-state index in [1.54, 1.807) is 0 Å². The number of nitrogens with one attached hydrogen (secondary N) is 2. The van der Waals surface area contributed by atoms with Crippen molar-refractivity contribution < 1.29 is 28.5 Å². The Kier molecular flexibility index (Phi) is 4.99. The van der Waals surface area contributed by atoms with E-state index in [1.807, 2.05) is 0 Å². The Bertz CT molecular complexity index is 1500. The zero-order valence-corrected chi connectivity index (χ0v) is 17.7. The second-order valence-electron chi connectivity index (χ2n) is 7.51. The molecule has 1 aliphatic rings. The van der Waals surface area contributed by atoms with Crippen molar-refractivity contribution in [1.82, 2.24) is 9.97 Å². The van der Waals surface area contributed by atoms with Crippen LogP contribution < -0.4 is 10.9 Å². The molecule has 0 aliphatic heterocycles. The molecule has 1 aromatic heterocycles. The van der Waals surface area contributed by atoms with Crippen LogP contribution in [0.15, 0.2) is 59.9 Å². The second-order valence-corrected chi connectivity index (χ2v) is 9.24. The minimum absolute atomic E-state index is 0.0462. The first-order valence-electron chi connectivity index (χ1n) is 9.48. The first kappa shape index (κ1) is 22.0. The lowest BCUT2D eigenvalue weighted by molar-refractivity contribution is -0.132. The number of aromatic amines is 1. The fraction of sp³-hybridized carbons (Fsp3) is 0.0952. The summed E-state index contributed by atoms with van der Waals surface area (Å²) < 4.78 is 23.4. The quantitative estimate of drug-likeness (QED) is 0.213. The van der Waals surface area contributed by atoms with Crippen molar-refractivity contribution in [3.8, 4) is 5.75 Å². The van der Waals surface area contributed by atoms with Crippen LogP contribution in [0.2, 0.25) is 0 Å². The fourth-order valence-electron chi connectivity index (χ4n) is 3.84. The van der Waals surface area contributed by atoms with Crippen LogP contribution >= 0.6 is 0 Å². The van der Waals surface area contributed by atoms with Crippen LogP contribution in [-0.2, 0) is 19.6 Å². The van der Waals surface area contributed by atoms with E-state index >= 15 is 0 Å². The summed E-state index contributed by atoms with van der Waals surface area (Å²) in [5.74, 6) is -3.10. The molecule has 0 spiro atoms. The number of nitrogens with zero attached hydrogens (tertiary/aromatic N) is 1. The Labute approximate surface area is 187 Å². The number of fused-ring (bicyclic) bond motifs is 1. The van der Waals surface area contributed by atoms with Gasteiger partial charge in [-0.3, -0.25) is 5.41 Å². The van der Waals surface area contributed by atoms with Gasteiger partial charge in [0.05, 0.1) is 11.0 Å². The van der Waals surface area contributed by atoms with Crippen molar-refractivity contribution in [2.24, 2.45) is 10.9 Å². The number of benzene rings is 2. The summed E-state index contributed by atoms with van der Waals surface area (Å²) in [6, 6.07) is 10.2. The second kappa shape index (κ2) is 7.46. The summed E-state index contributed by atoms with van der Waals surface area (Å²) in [5.41, 5.74) is 5.94. The molecule has 1 atom stereocenters. The Hall–Kier alpha value is -4.16. The van der Waals surface area contributed by atoms with Gasteiger partial charge in [0.25, 0.3) is 0 Å². The summed E-state index contributed by atoms with van der Waals surface area (Å²) >= 11 is 0. The van der Waals surface area contributed by atoms with Crippen molar-refractivity contribution in [2.45, 2.75) is 11.2 Å². The van der Waals surface area contributed by atoms with E-state index in [0.29, 0.717) is 5.56 Å². The number of aliphatic hydroxyl groups is 1. The molecule has 0 amide bonds. The van der Waals surface area contributed by atoms with Gasteiger partial charge in [0, 0.05) is 28.7 Å². The fourth-order valence-corrected chi connectivity index (χ4v) is 4.90. The number of nitrogen functional groups attached to an aromatic ring is 1. The number of hydrogen-bond acceptors (Lipinski definition) is 7. The number of carbonyl (C=O) groups is 1. The van der Waals surface area contributed by atoms with E-state index in [9.17, 15) is 28.5 Å². The number of aromatic nitrogens is 2. The van der Waals surface area contributed by atoms with Gasteiger partial charge in [-0.2, -0.15) is 0 Å². The van der Waals surface area contributed by atoms with Gasteiger partial charge in [0.1, 0.15) is 23.2 Å². The number of aliphatic hydroxyl groups excluding tert-OH is 1. The number of aromatic hydroxyl groups is 1. The zero-order chi connectivity index (χ0) is 24.1. The number of phenolic OH excluding ortho intramolecular Hbond substituents is 1. The lowest BCUT2D eigenvalue weighted by atomic mass is 9.84. The van der Waals surface area contributed by atoms with Gasteiger partial charge >= 0.3 is 5.97 Å². The zero-order valence-electron chi connectivity index (χ0n) is 16.9. The molecule has 12 heteroatoms. The molecule has 170 valence electrons. The first-order chi connectivity index (χ1) is 15.5. The highest BCUT2D eigenvalue weighted by molar-refractivity contribution is 7.90. The molecule has 11 nitrogen and oxygen atoms in total. The number of amidine groups is 1. The molecular formula is C21H19N5O6S. The summed E-state index contributed by atoms with van der Waals surface area (Å²) in [6.07, 6.45) is 0.470. The molecule has 33 heavy (non-hydrogen) atoms. The van der Waals surface area contributed by atoms with E-state index in [0.717, 1.165) is 6.08 Å². The van der Waals surface area contributed by atoms with Crippen LogP contribution in [0.25, 0.3) is 16.6 Å². The Morgan fingerprint density at radius 3 is 2.48 bits per heavy atom. The number of imidazole rings is 1. The molecule has 1 unspecified atom stereocenters. The average molecular weight is 469 g/mol. The van der Waals surface area contributed by atoms with Crippen LogP contribution in [0.1, 0.15) is 23.4 Å². The number of carboxylic acid groups (broad SMARTS) is 1. The molecule has 3 aromatic rings. The van der Waals surface area contributed by atoms with Gasteiger partial charge in [-0.25, -0.2) is 23.3 Å². The molecule has 0 radical (unpaired) electrons. The smallest absolute Gasteiger partial charge is 0.331 e. The van der Waals surface area contributed by atoms with Crippen LogP contribution in [0.3, 0.4) is 0 Å². The maximum Gasteiger partial charge on any atom is 0.331 e. The SMILES string of the molecule is N=C(N)c1ccc2nc(C3(S(N)(=O)=O)C=C(C(=O)O)CC(c4ccccc4O)=C3O)[nH]c2c1. The van der Waals surface area contributed by atoms with Crippen LogP contribution in [0, 0.1) is 5.41 Å². The number of para-hydroxylation sites is 1. The number of allylic oxidation sites excluding steroid dienone is 1. The Morgan fingerprint density at radius 1 is 1.18 bits per heavy atom. The van der Waals surface area contributed by atoms with Gasteiger partial charge < -0.3 is 26.0 Å². The maximum atomic E-state index is 13.0. The van der Waals surface area contributed by atoms with Crippen LogP contribution in [-0.4, -0.2) is 45.5 Å². The molecule has 0 bridgehead atoms. The highest BCUT2D eigenvalue weighted by Crippen LogP contribution is 2.47. The number of aliphatic carboxylic acids is 1. The summed E-state index contributed by atoms with van der Waals surface area (Å²) in [6.45, 7) is 0. The molecule has 9 N–H and O–H groups in total. The third kappa shape index (κ3) is 3.41. The molecular weight excluding hydrogens is 450 g/mol. The Morgan fingerprint density at radius 2 is 1.88 bits per heavy atom. The van der Waals surface area contributed by atoms with E-state index in [2.05, 4.69) is 9.97 Å². The summed E-state index contributed by atoms with van der Waals surface area (Å²) in [7, 11) is -4.77. The van der Waals surface area contributed by atoms with Gasteiger partial charge in [-0.15, -0.1) is 0 Å². The monoisotopic (exact) mass is 469 g/mol. The largest absolute Gasteiger partial charge is 0.509 e. The highest BCUT2D eigenvalue weighted by atomic mass is 32.2. The molecule has 1 heterocycles. The average Bonchev–Trinajstić information content (AvgIpc) is 3.17. The number of sulfonamides is 1. The van der Waals surface area contributed by atoms with Gasteiger partial charge in [0.15, 0.2) is 0 Å². The number of carboxylic acids is 1. The number of primary sulfonamides is 1. The minimum atomic E-state index is -4.77. The molecule has 0 saturated carbocycles. The highest BCUT2D eigenvalue weighted by Gasteiger charge is 2.53. The van der Waals surface area contributed by atoms with Crippen molar-refractivity contribution in [3.63, 3.8) is 0 Å². The number of hydrogen-bond donors (Lipinski definition) is 7. The van der Waals surface area contributed by atoms with Gasteiger partial charge in [-0.1, -0.05) is 18.2 Å². The van der Waals surface area contributed by atoms with Crippen molar-refractivity contribution >= 4 is 38.4 Å². The third-order valence-corrected chi connectivity index (χ3v) is 6.88. The standard InChI is InChI=1S/C21H19N5O6S/c22-18(23)10-5-6-14-15(8-10)26-20(25-14)21(33(24,31)32)9-11(19(29)30)7-13(17(21)28)12-3-1-2-4-16(12)27/h1-6,8-9,27-28H,7H2,(H3,22,23)(H,25,26)(H,29,30)(H2,24,31,32). The van der Waals surface area contributed by atoms with E-state index in [-0.39, 0.29) is 51.6 Å². The minimum Gasteiger partial charge on any atom is -0.509 e. The topological polar surface area (TPSA) is 216 Å². The van der Waals surface area contributed by atoms with E-state index < -0.39 is 26.5 Å². The number of nitrogens with two attached hydrogens (primary N) is 2. The van der Waals surface area contributed by atoms with Crippen molar-refractivity contribution in [3.05, 3.63) is 76.8 Å². The van der Waals surface area contributed by atoms with E-state index in [1.165, 1.54) is 42.5 Å². The number of rotatable bonds is 5. The maximum absolute atomic E-state index is 13.0. The normalized spacial score (nSPS) is 18.9. The Balaban J connectivity index is 2.09. The van der Waals surface area contributed by atoms with Crippen molar-refractivity contribution in [2.75, 3.05) is 0 Å². The summed E-state index contributed by atoms with van der Waals surface area (Å²) in [5, 5.41) is 44.4. The first-order valence-corrected chi connectivity index (χ1v) is 11.0. The number of H-pyrrole nitrogens is 1. The predicted molar refractivity (Wildman–Crippen MR) is 120 cm³/mol. The van der Waals surface area contributed by atoms with Gasteiger partial charge in [0.2, 0.25) is 14.8 Å². The summed E-state index contributed by atoms with van der Waals surface area (Å²) in [4.78, 5) is 18.9. The molecule has 2 aromatic carbocycles. The van der Waals surface area contributed by atoms with Crippen molar-refractivity contribution in [1.29, 1.82) is 5.41 Å². The predicted octanol–water partition coefficient (Wildman–Crippen LogP) is 1.42. The lowest BCUT2D eigenvalue weighted by Crippen LogP contribution is -2.44. The molecule has 0 fully saturated rings.